The van der Waals surface area contributed by atoms with E-state index in [0.717, 1.165) is 22.4 Å². The predicted molar refractivity (Wildman–Crippen MR) is 82.4 cm³/mol. The number of rotatable bonds is 2. The first-order valence-electron chi connectivity index (χ1n) is 6.67. The van der Waals surface area contributed by atoms with Crippen LogP contribution in [-0.2, 0) is 0 Å². The van der Waals surface area contributed by atoms with E-state index in [9.17, 15) is 5.26 Å². The summed E-state index contributed by atoms with van der Waals surface area (Å²) < 4.78 is 0. The van der Waals surface area contributed by atoms with Crippen molar-refractivity contribution in [3.05, 3.63) is 72.2 Å². The maximum atomic E-state index is 9.43. The number of benzene rings is 2. The van der Waals surface area contributed by atoms with E-state index in [1.165, 1.54) is 11.9 Å². The van der Waals surface area contributed by atoms with Crippen LogP contribution in [0.2, 0.25) is 0 Å². The highest BCUT2D eigenvalue weighted by Crippen LogP contribution is 2.34. The van der Waals surface area contributed by atoms with Crippen LogP contribution in [0.4, 0.5) is 0 Å². The lowest BCUT2D eigenvalue weighted by atomic mass is 9.91. The normalized spacial score (nSPS) is 10.1. The van der Waals surface area contributed by atoms with E-state index in [4.69, 9.17) is 0 Å². The van der Waals surface area contributed by atoms with E-state index in [1.807, 2.05) is 36.4 Å². The Labute approximate surface area is 123 Å². The molecule has 0 radical (unpaired) electrons. The molecule has 3 nitrogen and oxygen atoms in total. The molecule has 0 N–H and O–H groups in total. The van der Waals surface area contributed by atoms with Crippen LogP contribution in [0.5, 0.6) is 0 Å². The molecule has 3 rings (SSSR count). The van der Waals surface area contributed by atoms with Crippen LogP contribution >= 0.6 is 0 Å². The van der Waals surface area contributed by atoms with Gasteiger partial charge in [0, 0.05) is 11.8 Å². The van der Waals surface area contributed by atoms with Crippen molar-refractivity contribution in [2.24, 2.45) is 0 Å². The SMILES string of the molecule is Cc1ccccc1-c1cccc(C#N)c1-c1ccncn1. The van der Waals surface area contributed by atoms with E-state index in [-0.39, 0.29) is 0 Å². The zero-order chi connectivity index (χ0) is 14.7. The first-order valence-corrected chi connectivity index (χ1v) is 6.67. The molecule has 0 fully saturated rings. The first kappa shape index (κ1) is 13.0. The molecule has 2 aromatic carbocycles. The minimum atomic E-state index is 0.620. The lowest BCUT2D eigenvalue weighted by molar-refractivity contribution is 1.17. The Kier molecular flexibility index (Phi) is 3.44. The van der Waals surface area contributed by atoms with Gasteiger partial charge in [-0.2, -0.15) is 5.26 Å². The fourth-order valence-electron chi connectivity index (χ4n) is 2.46. The molecule has 1 heterocycles. The van der Waals surface area contributed by atoms with Crippen LogP contribution in [0.15, 0.2) is 61.1 Å². The predicted octanol–water partition coefficient (Wildman–Crippen LogP) is 3.99. The standard InChI is InChI=1S/C18H13N3/c1-13-5-2-3-7-15(13)16-8-4-6-14(11-19)18(16)17-9-10-20-12-21-17/h2-10,12H,1H3. The Hall–Kier alpha value is -2.99. The summed E-state index contributed by atoms with van der Waals surface area (Å²) in [5.41, 5.74) is 5.54. The topological polar surface area (TPSA) is 49.6 Å². The van der Waals surface area contributed by atoms with Gasteiger partial charge in [0.1, 0.15) is 6.33 Å². The van der Waals surface area contributed by atoms with E-state index in [2.05, 4.69) is 35.1 Å². The highest BCUT2D eigenvalue weighted by molar-refractivity contribution is 5.86. The Balaban J connectivity index is 2.33. The highest BCUT2D eigenvalue weighted by atomic mass is 14.8. The van der Waals surface area contributed by atoms with Gasteiger partial charge in [-0.15, -0.1) is 0 Å². The van der Waals surface area contributed by atoms with Gasteiger partial charge >= 0.3 is 0 Å². The Morgan fingerprint density at radius 3 is 2.48 bits per heavy atom. The van der Waals surface area contributed by atoms with Gasteiger partial charge in [0.15, 0.2) is 0 Å². The van der Waals surface area contributed by atoms with Gasteiger partial charge in [-0.25, -0.2) is 9.97 Å². The fourth-order valence-corrected chi connectivity index (χ4v) is 2.46. The van der Waals surface area contributed by atoms with Crippen molar-refractivity contribution >= 4 is 0 Å². The summed E-state index contributed by atoms with van der Waals surface area (Å²) in [4.78, 5) is 8.26. The molecule has 0 aliphatic heterocycles. The van der Waals surface area contributed by atoms with Crippen molar-refractivity contribution in [1.82, 2.24) is 9.97 Å². The van der Waals surface area contributed by atoms with E-state index < -0.39 is 0 Å². The summed E-state index contributed by atoms with van der Waals surface area (Å²) in [5.74, 6) is 0. The second-order valence-corrected chi connectivity index (χ2v) is 4.75. The summed E-state index contributed by atoms with van der Waals surface area (Å²) in [5, 5.41) is 9.43. The van der Waals surface area contributed by atoms with Gasteiger partial charge in [0.2, 0.25) is 0 Å². The van der Waals surface area contributed by atoms with E-state index in [1.54, 1.807) is 6.20 Å². The Morgan fingerprint density at radius 1 is 0.952 bits per heavy atom. The summed E-state index contributed by atoms with van der Waals surface area (Å²) in [6.07, 6.45) is 3.20. The molecular weight excluding hydrogens is 258 g/mol. The maximum absolute atomic E-state index is 9.43. The minimum absolute atomic E-state index is 0.620. The van der Waals surface area contributed by atoms with Crippen molar-refractivity contribution in [3.8, 4) is 28.5 Å². The molecule has 100 valence electrons. The summed E-state index contributed by atoms with van der Waals surface area (Å²) in [7, 11) is 0. The average Bonchev–Trinajstić information content (AvgIpc) is 2.55. The average molecular weight is 271 g/mol. The van der Waals surface area contributed by atoms with Gasteiger partial charge in [-0.1, -0.05) is 36.4 Å². The molecule has 0 atom stereocenters. The van der Waals surface area contributed by atoms with E-state index >= 15 is 0 Å². The summed E-state index contributed by atoms with van der Waals surface area (Å²) >= 11 is 0. The smallest absolute Gasteiger partial charge is 0.116 e. The van der Waals surface area contributed by atoms with Crippen molar-refractivity contribution in [2.75, 3.05) is 0 Å². The van der Waals surface area contributed by atoms with Gasteiger partial charge < -0.3 is 0 Å². The molecule has 0 bridgehead atoms. The summed E-state index contributed by atoms with van der Waals surface area (Å²) in [6.45, 7) is 2.07. The molecular formula is C18H13N3. The molecule has 0 spiro atoms. The number of nitriles is 1. The van der Waals surface area contributed by atoms with E-state index in [0.29, 0.717) is 5.56 Å². The Bertz CT molecular complexity index is 817. The largest absolute Gasteiger partial charge is 0.245 e. The van der Waals surface area contributed by atoms with Crippen molar-refractivity contribution in [2.45, 2.75) is 6.92 Å². The molecule has 21 heavy (non-hydrogen) atoms. The van der Waals surface area contributed by atoms with Gasteiger partial charge in [0.05, 0.1) is 17.3 Å². The van der Waals surface area contributed by atoms with Gasteiger partial charge in [-0.05, 0) is 35.7 Å². The van der Waals surface area contributed by atoms with Crippen molar-refractivity contribution in [3.63, 3.8) is 0 Å². The molecule has 0 aliphatic carbocycles. The second-order valence-electron chi connectivity index (χ2n) is 4.75. The van der Waals surface area contributed by atoms with Crippen molar-refractivity contribution < 1.29 is 0 Å². The summed E-state index contributed by atoms with van der Waals surface area (Å²) in [6, 6.07) is 18.0. The zero-order valence-electron chi connectivity index (χ0n) is 11.6. The van der Waals surface area contributed by atoms with Crippen LogP contribution in [0.25, 0.3) is 22.4 Å². The lowest BCUT2D eigenvalue weighted by Crippen LogP contribution is -1.94. The second kappa shape index (κ2) is 5.56. The maximum Gasteiger partial charge on any atom is 0.116 e. The molecule has 3 aromatic rings. The number of aromatic nitrogens is 2. The van der Waals surface area contributed by atoms with Crippen LogP contribution < -0.4 is 0 Å². The molecule has 3 heteroatoms. The van der Waals surface area contributed by atoms with Gasteiger partial charge in [-0.3, -0.25) is 0 Å². The quantitative estimate of drug-likeness (QED) is 0.708. The minimum Gasteiger partial charge on any atom is -0.245 e. The Morgan fingerprint density at radius 2 is 1.76 bits per heavy atom. The first-order chi connectivity index (χ1) is 10.3. The van der Waals surface area contributed by atoms with Crippen molar-refractivity contribution in [1.29, 1.82) is 5.26 Å². The molecule has 0 saturated carbocycles. The van der Waals surface area contributed by atoms with Gasteiger partial charge in [0.25, 0.3) is 0 Å². The third-order valence-electron chi connectivity index (χ3n) is 3.46. The fraction of sp³-hybridized carbons (Fsp3) is 0.0556. The molecule has 0 aliphatic rings. The third-order valence-corrected chi connectivity index (χ3v) is 3.46. The number of nitrogens with zero attached hydrogens (tertiary/aromatic N) is 3. The number of hydrogen-bond donors (Lipinski definition) is 0. The highest BCUT2D eigenvalue weighted by Gasteiger charge is 2.14. The zero-order valence-corrected chi connectivity index (χ0v) is 11.6. The van der Waals surface area contributed by atoms with Crippen LogP contribution in [0.3, 0.4) is 0 Å². The number of hydrogen-bond acceptors (Lipinski definition) is 3. The van der Waals surface area contributed by atoms with Crippen LogP contribution in [-0.4, -0.2) is 9.97 Å². The van der Waals surface area contributed by atoms with Crippen LogP contribution in [0.1, 0.15) is 11.1 Å². The van der Waals surface area contributed by atoms with Crippen LogP contribution in [0, 0.1) is 18.3 Å². The monoisotopic (exact) mass is 271 g/mol. The molecule has 0 saturated heterocycles. The molecule has 0 amide bonds. The third kappa shape index (κ3) is 2.39. The molecule has 1 aromatic heterocycles. The number of aryl methyl sites for hydroxylation is 1. The molecule has 0 unspecified atom stereocenters. The lowest BCUT2D eigenvalue weighted by Gasteiger charge is -2.13.